The van der Waals surface area contributed by atoms with Crippen LogP contribution in [0.3, 0.4) is 0 Å². The third-order valence-electron chi connectivity index (χ3n) is 11.7. The first kappa shape index (κ1) is 61.3. The number of ether oxygens (including phenoxy) is 3. The molecule has 0 fully saturated rings. The van der Waals surface area contributed by atoms with Crippen molar-refractivity contribution in [1.29, 1.82) is 0 Å². The number of rotatable bonds is 50. The quantitative estimate of drug-likeness (QED) is 0.0346. The van der Waals surface area contributed by atoms with E-state index in [2.05, 4.69) is 93.7 Å². The van der Waals surface area contributed by atoms with Crippen molar-refractivity contribution in [3.63, 3.8) is 0 Å². The lowest BCUT2D eigenvalue weighted by molar-refractivity contribution is -0.163. The first-order valence-corrected chi connectivity index (χ1v) is 27.5. The summed E-state index contributed by atoms with van der Waals surface area (Å²) in [6.45, 7) is 7.69. The molecule has 0 saturated heterocycles. The molecule has 0 aromatic rings. The highest BCUT2D eigenvalue weighted by Gasteiger charge is 2.17. The molecule has 0 spiro atoms. The average Bonchev–Trinajstić information content (AvgIpc) is 3.30. The Morgan fingerprint density at radius 3 is 1.17 bits per heavy atom. The van der Waals surface area contributed by atoms with Crippen molar-refractivity contribution in [1.82, 2.24) is 0 Å². The summed E-state index contributed by atoms with van der Waals surface area (Å²) < 4.78 is 17.4. The molecule has 0 aliphatic carbocycles. The Bertz CT molecular complexity index is 1150. The number of carbonyl (C=O) groups excluding carboxylic acids is 2. The van der Waals surface area contributed by atoms with Crippen LogP contribution in [0.2, 0.25) is 0 Å². The number of allylic oxidation sites excluding steroid dienone is 12. The summed E-state index contributed by atoms with van der Waals surface area (Å²) in [6.07, 6.45) is 70.6. The third-order valence-corrected chi connectivity index (χ3v) is 11.7. The SMILES string of the molecule is CC/C=C\C/C=C\C/C=C\C/C=C\C/C=C\CCCCCC(=O)OC[C@@H](COCCCCCCCCCCCCCCCCCC)OC(=O)CCCCCCC/C=C\CCCCCC. The predicted octanol–water partition coefficient (Wildman–Crippen LogP) is 18.7. The second kappa shape index (κ2) is 54.7. The van der Waals surface area contributed by atoms with Gasteiger partial charge in [-0.15, -0.1) is 0 Å². The van der Waals surface area contributed by atoms with E-state index in [1.165, 1.54) is 135 Å². The number of hydrogen-bond acceptors (Lipinski definition) is 5. The Balaban J connectivity index is 4.31. The molecular weight excluding hydrogens is 789 g/mol. The van der Waals surface area contributed by atoms with Gasteiger partial charge in [-0.2, -0.15) is 0 Å². The molecule has 0 N–H and O–H groups in total. The van der Waals surface area contributed by atoms with Crippen LogP contribution in [0.1, 0.15) is 265 Å². The Kier molecular flexibility index (Phi) is 52.4. The number of unbranched alkanes of at least 4 members (excludes halogenated alkanes) is 27. The Labute approximate surface area is 397 Å². The molecule has 0 amide bonds. The van der Waals surface area contributed by atoms with Crippen LogP contribution < -0.4 is 0 Å². The predicted molar refractivity (Wildman–Crippen MR) is 279 cm³/mol. The minimum absolute atomic E-state index is 0.0652. The van der Waals surface area contributed by atoms with Gasteiger partial charge in [0.15, 0.2) is 6.10 Å². The van der Waals surface area contributed by atoms with Crippen LogP contribution in [0.4, 0.5) is 0 Å². The molecule has 1 atom stereocenters. The zero-order valence-electron chi connectivity index (χ0n) is 42.5. The monoisotopic (exact) mass is 893 g/mol. The Morgan fingerprint density at radius 1 is 0.359 bits per heavy atom. The molecule has 0 aliphatic heterocycles. The molecule has 5 nitrogen and oxygen atoms in total. The molecule has 0 aromatic carbocycles. The van der Waals surface area contributed by atoms with Crippen LogP contribution in [0.25, 0.3) is 0 Å². The van der Waals surface area contributed by atoms with E-state index in [4.69, 9.17) is 14.2 Å². The lowest BCUT2D eigenvalue weighted by atomic mass is 10.0. The highest BCUT2D eigenvalue weighted by atomic mass is 16.6. The summed E-state index contributed by atoms with van der Waals surface area (Å²) in [4.78, 5) is 25.4. The molecule has 0 aliphatic rings. The lowest BCUT2D eigenvalue weighted by Crippen LogP contribution is -2.30. The molecule has 5 heteroatoms. The van der Waals surface area contributed by atoms with Gasteiger partial charge in [0.25, 0.3) is 0 Å². The van der Waals surface area contributed by atoms with Gasteiger partial charge in [-0.05, 0) is 89.9 Å². The van der Waals surface area contributed by atoms with Crippen molar-refractivity contribution in [2.45, 2.75) is 271 Å². The molecule has 0 rings (SSSR count). The van der Waals surface area contributed by atoms with E-state index in [0.29, 0.717) is 19.4 Å². The van der Waals surface area contributed by atoms with Crippen LogP contribution in [-0.2, 0) is 23.8 Å². The van der Waals surface area contributed by atoms with E-state index >= 15 is 0 Å². The molecule has 0 bridgehead atoms. The second-order valence-corrected chi connectivity index (χ2v) is 18.1. The van der Waals surface area contributed by atoms with Crippen LogP contribution in [0.15, 0.2) is 72.9 Å². The zero-order valence-corrected chi connectivity index (χ0v) is 42.5. The van der Waals surface area contributed by atoms with Gasteiger partial charge in [-0.1, -0.05) is 235 Å². The fourth-order valence-electron chi connectivity index (χ4n) is 7.65. The molecule has 0 unspecified atom stereocenters. The summed E-state index contributed by atoms with van der Waals surface area (Å²) in [7, 11) is 0. The van der Waals surface area contributed by atoms with E-state index in [-0.39, 0.29) is 25.2 Å². The lowest BCUT2D eigenvalue weighted by Gasteiger charge is -2.18. The summed E-state index contributed by atoms with van der Waals surface area (Å²) in [5.41, 5.74) is 0. The van der Waals surface area contributed by atoms with Gasteiger partial charge < -0.3 is 14.2 Å². The standard InChI is InChI=1S/C59H104O5/c1-4-7-10-13-16-19-22-25-27-29-30-31-32-35-37-40-43-46-49-52-58(60)63-56-57(64-59(61)53-50-47-44-41-38-34-24-21-18-15-12-9-6-3)55-62-54-51-48-45-42-39-36-33-28-26-23-20-17-14-11-8-5-2/h7,10,16,19,21,24-25,27,30-31,35,37,57H,4-6,8-9,11-15,17-18,20,22-23,26,28-29,32-34,36,38-56H2,1-3H3/b10-7-,19-16-,24-21-,27-25-,31-30-,37-35-/t57-/m1/s1. The van der Waals surface area contributed by atoms with Crippen molar-refractivity contribution < 1.29 is 23.8 Å². The van der Waals surface area contributed by atoms with Crippen molar-refractivity contribution in [3.05, 3.63) is 72.9 Å². The van der Waals surface area contributed by atoms with Gasteiger partial charge in [0.05, 0.1) is 6.61 Å². The van der Waals surface area contributed by atoms with Crippen LogP contribution in [-0.4, -0.2) is 37.9 Å². The summed E-state index contributed by atoms with van der Waals surface area (Å²) >= 11 is 0. The maximum absolute atomic E-state index is 12.8. The molecule has 370 valence electrons. The minimum Gasteiger partial charge on any atom is -0.462 e. The summed E-state index contributed by atoms with van der Waals surface area (Å²) in [5, 5.41) is 0. The average molecular weight is 893 g/mol. The fraction of sp³-hybridized carbons (Fsp3) is 0.763. The number of hydrogen-bond donors (Lipinski definition) is 0. The molecule has 0 heterocycles. The van der Waals surface area contributed by atoms with E-state index in [1.807, 2.05) is 0 Å². The largest absolute Gasteiger partial charge is 0.462 e. The first-order valence-electron chi connectivity index (χ1n) is 27.5. The summed E-state index contributed by atoms with van der Waals surface area (Å²) in [5.74, 6) is -0.437. The topological polar surface area (TPSA) is 61.8 Å². The Hall–Kier alpha value is -2.66. The maximum Gasteiger partial charge on any atom is 0.306 e. The van der Waals surface area contributed by atoms with Crippen molar-refractivity contribution >= 4 is 11.9 Å². The molecule has 64 heavy (non-hydrogen) atoms. The maximum atomic E-state index is 12.8. The van der Waals surface area contributed by atoms with E-state index < -0.39 is 6.10 Å². The number of esters is 2. The number of carbonyl (C=O) groups is 2. The van der Waals surface area contributed by atoms with Gasteiger partial charge in [-0.25, -0.2) is 0 Å². The van der Waals surface area contributed by atoms with E-state index in [1.54, 1.807) is 0 Å². The highest BCUT2D eigenvalue weighted by Crippen LogP contribution is 2.15. The normalized spacial score (nSPS) is 12.7. The molecule has 0 aromatic heterocycles. The molecule has 0 saturated carbocycles. The molecule has 0 radical (unpaired) electrons. The van der Waals surface area contributed by atoms with Crippen LogP contribution >= 0.6 is 0 Å². The first-order chi connectivity index (χ1) is 31.6. The minimum atomic E-state index is -0.554. The summed E-state index contributed by atoms with van der Waals surface area (Å²) in [6, 6.07) is 0. The van der Waals surface area contributed by atoms with E-state index in [9.17, 15) is 9.59 Å². The van der Waals surface area contributed by atoms with Gasteiger partial charge in [0.1, 0.15) is 6.61 Å². The third kappa shape index (κ3) is 52.0. The van der Waals surface area contributed by atoms with E-state index in [0.717, 1.165) is 96.3 Å². The van der Waals surface area contributed by atoms with Crippen molar-refractivity contribution in [2.75, 3.05) is 19.8 Å². The van der Waals surface area contributed by atoms with Crippen LogP contribution in [0, 0.1) is 0 Å². The van der Waals surface area contributed by atoms with Gasteiger partial charge in [-0.3, -0.25) is 9.59 Å². The van der Waals surface area contributed by atoms with Gasteiger partial charge in [0, 0.05) is 19.4 Å². The Morgan fingerprint density at radius 2 is 0.703 bits per heavy atom. The zero-order chi connectivity index (χ0) is 46.3. The van der Waals surface area contributed by atoms with Crippen molar-refractivity contribution in [2.24, 2.45) is 0 Å². The van der Waals surface area contributed by atoms with Crippen LogP contribution in [0.5, 0.6) is 0 Å². The smallest absolute Gasteiger partial charge is 0.306 e. The van der Waals surface area contributed by atoms with Crippen molar-refractivity contribution in [3.8, 4) is 0 Å². The molecular formula is C59H104O5. The highest BCUT2D eigenvalue weighted by molar-refractivity contribution is 5.70. The second-order valence-electron chi connectivity index (χ2n) is 18.1. The fourth-order valence-corrected chi connectivity index (χ4v) is 7.65. The van der Waals surface area contributed by atoms with Gasteiger partial charge >= 0.3 is 11.9 Å². The van der Waals surface area contributed by atoms with Gasteiger partial charge in [0.2, 0.25) is 0 Å².